The summed E-state index contributed by atoms with van der Waals surface area (Å²) < 4.78 is 36.9. The molecule has 0 amide bonds. The minimum absolute atomic E-state index is 0.236. The normalized spacial score (nSPS) is 21.6. The van der Waals surface area contributed by atoms with E-state index in [1.165, 1.54) is 5.56 Å². The Hall–Kier alpha value is -2.42. The number of benzene rings is 4. The Balaban J connectivity index is 1.60. The van der Waals surface area contributed by atoms with Crippen molar-refractivity contribution in [3.8, 4) is 0 Å². The predicted molar refractivity (Wildman–Crippen MR) is 158 cm³/mol. The third kappa shape index (κ3) is 5.92. The third-order valence-electron chi connectivity index (χ3n) is 6.72. The SMILES string of the molecule is Cc1ccc(S[C@@H]2O[C@@H](c3ccccc3)[C@H](Br)[C@H]2N(Cc2ccccc2)S(=O)(=O)c2ccc(C)cc2)cc1. The van der Waals surface area contributed by atoms with Crippen LogP contribution in [0.3, 0.4) is 0 Å². The molecule has 4 aromatic carbocycles. The van der Waals surface area contributed by atoms with Gasteiger partial charge in [-0.3, -0.25) is 0 Å². The number of hydrogen-bond acceptors (Lipinski definition) is 4. The van der Waals surface area contributed by atoms with Crippen molar-refractivity contribution < 1.29 is 13.2 Å². The van der Waals surface area contributed by atoms with Crippen molar-refractivity contribution in [3.05, 3.63) is 131 Å². The van der Waals surface area contributed by atoms with Crippen LogP contribution < -0.4 is 0 Å². The molecule has 0 spiro atoms. The van der Waals surface area contributed by atoms with Crippen LogP contribution in [0.15, 0.2) is 119 Å². The number of sulfonamides is 1. The summed E-state index contributed by atoms with van der Waals surface area (Å²) in [6, 6.07) is 34.6. The summed E-state index contributed by atoms with van der Waals surface area (Å²) in [6.07, 6.45) is -0.310. The molecule has 4 atom stereocenters. The molecule has 1 saturated heterocycles. The number of aryl methyl sites for hydroxylation is 2. The number of hydrogen-bond donors (Lipinski definition) is 0. The minimum atomic E-state index is -3.86. The first-order valence-electron chi connectivity index (χ1n) is 12.5. The fourth-order valence-corrected chi connectivity index (χ4v) is 8.89. The number of ether oxygens (including phenoxy) is 1. The van der Waals surface area contributed by atoms with Crippen molar-refractivity contribution in [3.63, 3.8) is 0 Å². The molecule has 7 heteroatoms. The van der Waals surface area contributed by atoms with E-state index >= 15 is 0 Å². The number of thioether (sulfide) groups is 1. The lowest BCUT2D eigenvalue weighted by atomic mass is 10.0. The second kappa shape index (κ2) is 11.8. The first-order chi connectivity index (χ1) is 18.3. The third-order valence-corrected chi connectivity index (χ3v) is 10.8. The van der Waals surface area contributed by atoms with Gasteiger partial charge in [0.25, 0.3) is 0 Å². The second-order valence-corrected chi connectivity index (χ2v) is 13.7. The fraction of sp³-hybridized carbons (Fsp3) is 0.226. The zero-order chi connectivity index (χ0) is 26.7. The first-order valence-corrected chi connectivity index (χ1v) is 15.8. The zero-order valence-corrected chi connectivity index (χ0v) is 24.5. The Bertz CT molecular complexity index is 1450. The Morgan fingerprint density at radius 3 is 1.95 bits per heavy atom. The quantitative estimate of drug-likeness (QED) is 0.194. The van der Waals surface area contributed by atoms with Crippen LogP contribution in [-0.4, -0.2) is 29.0 Å². The molecule has 0 N–H and O–H groups in total. The molecule has 0 aliphatic carbocycles. The second-order valence-electron chi connectivity index (χ2n) is 9.55. The van der Waals surface area contributed by atoms with Crippen LogP contribution in [0.1, 0.15) is 28.4 Å². The van der Waals surface area contributed by atoms with Gasteiger partial charge in [0.15, 0.2) is 0 Å². The highest BCUT2D eigenvalue weighted by atomic mass is 79.9. The van der Waals surface area contributed by atoms with Crippen LogP contribution in [0.25, 0.3) is 0 Å². The van der Waals surface area contributed by atoms with Crippen LogP contribution in [0, 0.1) is 13.8 Å². The summed E-state index contributed by atoms with van der Waals surface area (Å²) >= 11 is 5.48. The van der Waals surface area contributed by atoms with Crippen LogP contribution in [0.4, 0.5) is 0 Å². The van der Waals surface area contributed by atoms with Gasteiger partial charge in [0.2, 0.25) is 10.0 Å². The molecule has 1 aliphatic rings. The van der Waals surface area contributed by atoms with Crippen LogP contribution in [0.2, 0.25) is 0 Å². The Morgan fingerprint density at radius 2 is 1.34 bits per heavy atom. The summed E-state index contributed by atoms with van der Waals surface area (Å²) in [6.45, 7) is 4.24. The number of rotatable bonds is 8. The molecule has 5 rings (SSSR count). The van der Waals surface area contributed by atoms with Crippen molar-refractivity contribution in [1.82, 2.24) is 4.31 Å². The van der Waals surface area contributed by atoms with Crippen molar-refractivity contribution in [1.29, 1.82) is 0 Å². The van der Waals surface area contributed by atoms with Gasteiger partial charge in [-0.2, -0.15) is 4.31 Å². The van der Waals surface area contributed by atoms with Gasteiger partial charge < -0.3 is 4.74 Å². The van der Waals surface area contributed by atoms with E-state index < -0.39 is 21.5 Å². The molecule has 196 valence electrons. The maximum atomic E-state index is 14.3. The largest absolute Gasteiger partial charge is 0.356 e. The van der Waals surface area contributed by atoms with E-state index in [1.807, 2.05) is 79.7 Å². The Kier molecular flexibility index (Phi) is 8.41. The molecule has 1 heterocycles. The highest BCUT2D eigenvalue weighted by molar-refractivity contribution is 9.09. The lowest BCUT2D eigenvalue weighted by Gasteiger charge is -2.33. The molecule has 0 aromatic heterocycles. The Labute approximate surface area is 238 Å². The molecule has 1 aliphatic heterocycles. The molecule has 1 fully saturated rings. The highest BCUT2D eigenvalue weighted by Gasteiger charge is 2.50. The van der Waals surface area contributed by atoms with E-state index in [9.17, 15) is 8.42 Å². The van der Waals surface area contributed by atoms with Gasteiger partial charge in [0.05, 0.1) is 21.9 Å². The number of nitrogens with zero attached hydrogens (tertiary/aromatic N) is 1. The van der Waals surface area contributed by atoms with Gasteiger partial charge in [-0.1, -0.05) is 124 Å². The summed E-state index contributed by atoms with van der Waals surface area (Å²) in [5.74, 6) is 0. The van der Waals surface area contributed by atoms with Gasteiger partial charge in [0.1, 0.15) is 5.44 Å². The molecule has 4 aromatic rings. The molecule has 0 saturated carbocycles. The van der Waals surface area contributed by atoms with Gasteiger partial charge in [-0.25, -0.2) is 8.42 Å². The average molecular weight is 609 g/mol. The van der Waals surface area contributed by atoms with E-state index in [2.05, 4.69) is 47.1 Å². The lowest BCUT2D eigenvalue weighted by molar-refractivity contribution is 0.0844. The molecule has 0 unspecified atom stereocenters. The average Bonchev–Trinajstić information content (AvgIpc) is 3.25. The van der Waals surface area contributed by atoms with E-state index in [1.54, 1.807) is 28.2 Å². The topological polar surface area (TPSA) is 46.6 Å². The van der Waals surface area contributed by atoms with Crippen molar-refractivity contribution in [2.75, 3.05) is 0 Å². The molecular formula is C31H30BrNO3S2. The van der Waals surface area contributed by atoms with Crippen LogP contribution >= 0.6 is 27.7 Å². The minimum Gasteiger partial charge on any atom is -0.356 e. The van der Waals surface area contributed by atoms with Gasteiger partial charge in [0, 0.05) is 11.4 Å². The van der Waals surface area contributed by atoms with Crippen LogP contribution in [-0.2, 0) is 21.3 Å². The van der Waals surface area contributed by atoms with E-state index in [4.69, 9.17) is 4.74 Å². The van der Waals surface area contributed by atoms with Crippen molar-refractivity contribution in [2.45, 2.75) is 52.6 Å². The Morgan fingerprint density at radius 1 is 0.789 bits per heavy atom. The van der Waals surface area contributed by atoms with Gasteiger partial charge in [-0.15, -0.1) is 0 Å². The first kappa shape index (κ1) is 27.2. The summed E-state index contributed by atoms with van der Waals surface area (Å²) in [5.41, 5.74) is 3.68. The molecular weight excluding hydrogens is 578 g/mol. The predicted octanol–water partition coefficient (Wildman–Crippen LogP) is 7.52. The van der Waals surface area contributed by atoms with E-state index in [0.29, 0.717) is 0 Å². The monoisotopic (exact) mass is 607 g/mol. The molecule has 4 nitrogen and oxygen atoms in total. The smallest absolute Gasteiger partial charge is 0.243 e. The van der Waals surface area contributed by atoms with Gasteiger partial charge in [-0.05, 0) is 49.2 Å². The fourth-order valence-electron chi connectivity index (χ4n) is 4.64. The maximum absolute atomic E-state index is 14.3. The number of halogens is 1. The van der Waals surface area contributed by atoms with Crippen molar-refractivity contribution >= 4 is 37.7 Å². The standard InChI is InChI=1S/C31H30BrNO3S2/c1-22-13-17-26(18-14-22)37-31-29(28(32)30(36-31)25-11-7-4-8-12-25)33(21-24-9-5-3-6-10-24)38(34,35)27-19-15-23(2)16-20-27/h3-20,28-31H,21H2,1-2H3/t28-,29-,30+,31+/m1/s1. The van der Waals surface area contributed by atoms with E-state index in [0.717, 1.165) is 21.6 Å². The van der Waals surface area contributed by atoms with Gasteiger partial charge >= 0.3 is 0 Å². The van der Waals surface area contributed by atoms with Crippen molar-refractivity contribution in [2.24, 2.45) is 0 Å². The summed E-state index contributed by atoms with van der Waals surface area (Å²) in [4.78, 5) is 1.05. The highest BCUT2D eigenvalue weighted by Crippen LogP contribution is 2.47. The molecule has 0 radical (unpaired) electrons. The molecule has 38 heavy (non-hydrogen) atoms. The number of alkyl halides is 1. The van der Waals surface area contributed by atoms with E-state index in [-0.39, 0.29) is 22.4 Å². The van der Waals surface area contributed by atoms with Crippen LogP contribution in [0.5, 0.6) is 0 Å². The molecule has 0 bridgehead atoms. The lowest BCUT2D eigenvalue weighted by Crippen LogP contribution is -2.47. The summed E-state index contributed by atoms with van der Waals surface area (Å²) in [7, 11) is -3.86. The maximum Gasteiger partial charge on any atom is 0.243 e. The summed E-state index contributed by atoms with van der Waals surface area (Å²) in [5, 5.41) is 0. The zero-order valence-electron chi connectivity index (χ0n) is 21.3.